The molecule has 0 amide bonds. The molecule has 0 spiro atoms. The molecule has 2 N–H and O–H groups in total. The largest absolute Gasteiger partial charge is 0.617 e. The average molecular weight is 392 g/mol. The third-order valence-corrected chi connectivity index (χ3v) is 4.49. The van der Waals surface area contributed by atoms with E-state index in [-0.39, 0.29) is 22.4 Å². The monoisotopic (exact) mass is 391 g/mol. The highest BCUT2D eigenvalue weighted by molar-refractivity contribution is 6.31. The standard InChI is InChI=1S/C16H14ClN5O5/c1-7-4-8(2)21(25)14(17)12(7)16-19-18-15(20(16)3)9-5-10(22(26)27)13(24)11(23)6-9/h4-6,23-24H,1-3H3. The zero-order chi connectivity index (χ0) is 20.0. The molecular weight excluding hydrogens is 378 g/mol. The number of aromatic hydroxyl groups is 2. The Hall–Kier alpha value is -3.40. The molecule has 0 aliphatic heterocycles. The van der Waals surface area contributed by atoms with Crippen LogP contribution in [0.4, 0.5) is 5.69 Å². The minimum absolute atomic E-state index is 0.0749. The number of pyridine rings is 1. The Morgan fingerprint density at radius 3 is 2.44 bits per heavy atom. The van der Waals surface area contributed by atoms with E-state index >= 15 is 0 Å². The van der Waals surface area contributed by atoms with Crippen LogP contribution in [-0.4, -0.2) is 29.9 Å². The van der Waals surface area contributed by atoms with E-state index in [0.29, 0.717) is 21.6 Å². The fourth-order valence-corrected chi connectivity index (χ4v) is 3.17. The maximum Gasteiger partial charge on any atom is 0.315 e. The molecule has 0 unspecified atom stereocenters. The molecule has 0 radical (unpaired) electrons. The number of aryl methyl sites for hydroxylation is 2. The summed E-state index contributed by atoms with van der Waals surface area (Å²) in [5.41, 5.74) is 0.982. The van der Waals surface area contributed by atoms with Crippen LogP contribution in [0.3, 0.4) is 0 Å². The zero-order valence-corrected chi connectivity index (χ0v) is 15.2. The molecular formula is C16H14ClN5O5. The van der Waals surface area contributed by atoms with Crippen LogP contribution in [0, 0.1) is 29.2 Å². The summed E-state index contributed by atoms with van der Waals surface area (Å²) in [6.07, 6.45) is 0. The van der Waals surface area contributed by atoms with E-state index < -0.39 is 22.1 Å². The van der Waals surface area contributed by atoms with Crippen LogP contribution in [0.1, 0.15) is 11.3 Å². The van der Waals surface area contributed by atoms with Gasteiger partial charge in [-0.3, -0.25) is 10.1 Å². The van der Waals surface area contributed by atoms with Crippen molar-refractivity contribution in [3.05, 3.63) is 49.9 Å². The van der Waals surface area contributed by atoms with Crippen molar-refractivity contribution in [3.63, 3.8) is 0 Å². The average Bonchev–Trinajstić information content (AvgIpc) is 2.96. The number of benzene rings is 1. The number of rotatable bonds is 3. The minimum atomic E-state index is -0.837. The summed E-state index contributed by atoms with van der Waals surface area (Å²) < 4.78 is 2.05. The minimum Gasteiger partial charge on any atom is -0.617 e. The topological polar surface area (TPSA) is 141 Å². The van der Waals surface area contributed by atoms with Crippen LogP contribution in [0.5, 0.6) is 11.5 Å². The highest BCUT2D eigenvalue weighted by Crippen LogP contribution is 2.39. The number of halogens is 1. The van der Waals surface area contributed by atoms with E-state index in [1.807, 2.05) is 0 Å². The highest BCUT2D eigenvalue weighted by atomic mass is 35.5. The predicted octanol–water partition coefficient (Wildman–Crippen LogP) is 2.37. The molecule has 11 heteroatoms. The molecule has 10 nitrogen and oxygen atoms in total. The quantitative estimate of drug-likeness (QED) is 0.174. The smallest absolute Gasteiger partial charge is 0.315 e. The molecule has 2 heterocycles. The number of phenols is 2. The molecule has 0 aliphatic carbocycles. The van der Waals surface area contributed by atoms with Crippen LogP contribution in [-0.2, 0) is 7.05 Å². The maximum absolute atomic E-state index is 12.1. The van der Waals surface area contributed by atoms with Crippen LogP contribution < -0.4 is 4.73 Å². The molecule has 0 fully saturated rings. The predicted molar refractivity (Wildman–Crippen MR) is 95.3 cm³/mol. The van der Waals surface area contributed by atoms with Crippen molar-refractivity contribution in [2.75, 3.05) is 0 Å². The van der Waals surface area contributed by atoms with E-state index in [1.54, 1.807) is 27.0 Å². The van der Waals surface area contributed by atoms with Gasteiger partial charge in [-0.25, -0.2) is 0 Å². The van der Waals surface area contributed by atoms with Gasteiger partial charge in [-0.15, -0.1) is 10.2 Å². The Morgan fingerprint density at radius 1 is 1.19 bits per heavy atom. The van der Waals surface area contributed by atoms with Crippen LogP contribution in [0.2, 0.25) is 5.15 Å². The lowest BCUT2D eigenvalue weighted by molar-refractivity contribution is -0.609. The molecule has 1 aromatic carbocycles. The molecule has 0 bridgehead atoms. The molecule has 2 aromatic heterocycles. The second-order valence-electron chi connectivity index (χ2n) is 5.96. The van der Waals surface area contributed by atoms with Crippen LogP contribution in [0.25, 0.3) is 22.8 Å². The molecule has 140 valence electrons. The Balaban J connectivity index is 2.22. The molecule has 0 saturated heterocycles. The maximum atomic E-state index is 12.1. The van der Waals surface area contributed by atoms with Crippen molar-refractivity contribution in [1.82, 2.24) is 14.8 Å². The molecule has 3 rings (SSSR count). The van der Waals surface area contributed by atoms with Gasteiger partial charge >= 0.3 is 5.69 Å². The lowest BCUT2D eigenvalue weighted by Gasteiger charge is -2.11. The van der Waals surface area contributed by atoms with Crippen molar-refractivity contribution in [1.29, 1.82) is 0 Å². The van der Waals surface area contributed by atoms with Crippen molar-refractivity contribution in [2.24, 2.45) is 7.05 Å². The Labute approximate surface area is 157 Å². The Morgan fingerprint density at radius 2 is 1.81 bits per heavy atom. The second kappa shape index (κ2) is 6.40. The number of phenolic OH excluding ortho intramolecular Hbond substituents is 2. The normalized spacial score (nSPS) is 11.0. The first-order chi connectivity index (χ1) is 12.6. The summed E-state index contributed by atoms with van der Waals surface area (Å²) in [4.78, 5) is 10.2. The summed E-state index contributed by atoms with van der Waals surface area (Å²) in [5.74, 6) is -1.05. The summed E-state index contributed by atoms with van der Waals surface area (Å²) in [7, 11) is 1.59. The van der Waals surface area contributed by atoms with Gasteiger partial charge in [0.05, 0.1) is 4.92 Å². The summed E-state index contributed by atoms with van der Waals surface area (Å²) in [6, 6.07) is 3.85. The number of aromatic nitrogens is 4. The summed E-state index contributed by atoms with van der Waals surface area (Å²) >= 11 is 6.19. The number of hydrogen-bond acceptors (Lipinski definition) is 7. The first-order valence-corrected chi connectivity index (χ1v) is 8.01. The number of nitro groups is 1. The van der Waals surface area contributed by atoms with Crippen molar-refractivity contribution >= 4 is 17.3 Å². The molecule has 27 heavy (non-hydrogen) atoms. The summed E-state index contributed by atoms with van der Waals surface area (Å²) in [5, 5.41) is 50.5. The lowest BCUT2D eigenvalue weighted by atomic mass is 10.1. The zero-order valence-electron chi connectivity index (χ0n) is 14.5. The van der Waals surface area contributed by atoms with E-state index in [0.717, 1.165) is 12.1 Å². The van der Waals surface area contributed by atoms with Crippen LogP contribution in [0.15, 0.2) is 18.2 Å². The molecule has 0 saturated carbocycles. The summed E-state index contributed by atoms with van der Waals surface area (Å²) in [6.45, 7) is 3.38. The van der Waals surface area contributed by atoms with Gasteiger partial charge in [-0.2, -0.15) is 4.73 Å². The fraction of sp³-hybridized carbons (Fsp3) is 0.188. The van der Waals surface area contributed by atoms with Gasteiger partial charge in [-0.05, 0) is 30.2 Å². The molecule has 0 aliphatic rings. The lowest BCUT2D eigenvalue weighted by Crippen LogP contribution is -2.32. The van der Waals surface area contributed by atoms with E-state index in [2.05, 4.69) is 10.2 Å². The first-order valence-electron chi connectivity index (χ1n) is 7.63. The van der Waals surface area contributed by atoms with Crippen LogP contribution >= 0.6 is 11.6 Å². The van der Waals surface area contributed by atoms with E-state index in [9.17, 15) is 25.5 Å². The third kappa shape index (κ3) is 2.89. The number of nitro benzene ring substituents is 1. The second-order valence-corrected chi connectivity index (χ2v) is 6.31. The van der Waals surface area contributed by atoms with Gasteiger partial charge in [0.2, 0.25) is 5.75 Å². The van der Waals surface area contributed by atoms with Crippen molar-refractivity contribution in [3.8, 4) is 34.3 Å². The molecule has 0 atom stereocenters. The number of nitrogens with zero attached hydrogens (tertiary/aromatic N) is 5. The van der Waals surface area contributed by atoms with E-state index in [4.69, 9.17) is 11.6 Å². The SMILES string of the molecule is Cc1cc(C)[n+]([O-])c(Cl)c1-c1nnc(-c2cc(O)c(O)c([N+](=O)[O-])c2)n1C. The van der Waals surface area contributed by atoms with Gasteiger partial charge in [-0.1, -0.05) is 0 Å². The van der Waals surface area contributed by atoms with Gasteiger partial charge in [0, 0.05) is 31.7 Å². The highest BCUT2D eigenvalue weighted by Gasteiger charge is 2.26. The van der Waals surface area contributed by atoms with Gasteiger partial charge in [0.1, 0.15) is 5.56 Å². The Kier molecular flexibility index (Phi) is 4.36. The van der Waals surface area contributed by atoms with Gasteiger partial charge in [0.25, 0.3) is 5.15 Å². The van der Waals surface area contributed by atoms with Gasteiger partial charge < -0.3 is 20.0 Å². The Bertz CT molecular complexity index is 1100. The van der Waals surface area contributed by atoms with Gasteiger partial charge in [0.15, 0.2) is 23.1 Å². The third-order valence-electron chi connectivity index (χ3n) is 4.15. The fourth-order valence-electron chi connectivity index (χ4n) is 2.80. The van der Waals surface area contributed by atoms with E-state index in [1.165, 1.54) is 4.57 Å². The van der Waals surface area contributed by atoms with Crippen molar-refractivity contribution in [2.45, 2.75) is 13.8 Å². The number of hydrogen-bond donors (Lipinski definition) is 2. The molecule has 3 aromatic rings. The first kappa shape index (κ1) is 18.4. The van der Waals surface area contributed by atoms with Crippen molar-refractivity contribution < 1.29 is 19.9 Å².